The van der Waals surface area contributed by atoms with Crippen LogP contribution in [0, 0.1) is 22.1 Å². The Kier molecular flexibility index (Phi) is 2.81. The average molecular weight is 289 g/mol. The van der Waals surface area contributed by atoms with Crippen LogP contribution >= 0.6 is 0 Å². The lowest BCUT2D eigenvalue weighted by Crippen LogP contribution is -2.43. The number of nitrogens with one attached hydrogen (secondary N) is 1. The third-order valence-corrected chi connectivity index (χ3v) is 6.26. The summed E-state index contributed by atoms with van der Waals surface area (Å²) in [5.74, 6) is -0.528. The van der Waals surface area contributed by atoms with E-state index >= 15 is 0 Å². The van der Waals surface area contributed by atoms with Gasteiger partial charge in [0.2, 0.25) is 5.91 Å². The van der Waals surface area contributed by atoms with Crippen molar-refractivity contribution in [3.63, 3.8) is 0 Å². The number of fused-ring (bicyclic) bond motifs is 2. The number of carbonyl (C=O) groups excluding carboxylic acids is 2. The number of para-hydroxylation sites is 1. The summed E-state index contributed by atoms with van der Waals surface area (Å²) in [7, 11) is 0. The van der Waals surface area contributed by atoms with Gasteiger partial charge in [0.05, 0.1) is 11.1 Å². The third kappa shape index (κ3) is 1.59. The van der Waals surface area contributed by atoms with Crippen LogP contribution in [0.2, 0.25) is 0 Å². The number of Topliss-reactive ketones (excluding diaryl/α,β-unsaturated/α-hetero) is 1. The summed E-state index contributed by atoms with van der Waals surface area (Å²) in [6, 6.07) is 6.12. The highest BCUT2D eigenvalue weighted by atomic mass is 19.1. The Hall–Kier alpha value is -1.71. The van der Waals surface area contributed by atoms with E-state index in [4.69, 9.17) is 0 Å². The van der Waals surface area contributed by atoms with Crippen LogP contribution in [-0.4, -0.2) is 11.7 Å². The Morgan fingerprint density at radius 2 is 1.86 bits per heavy atom. The Morgan fingerprint density at radius 3 is 2.38 bits per heavy atom. The number of rotatable bonds is 2. The highest BCUT2D eigenvalue weighted by Crippen LogP contribution is 2.70. The minimum Gasteiger partial charge on any atom is -0.323 e. The van der Waals surface area contributed by atoms with Crippen molar-refractivity contribution in [1.82, 2.24) is 0 Å². The van der Waals surface area contributed by atoms with E-state index in [1.165, 1.54) is 6.07 Å². The van der Waals surface area contributed by atoms with E-state index in [0.717, 1.165) is 6.42 Å². The van der Waals surface area contributed by atoms with Crippen LogP contribution in [0.1, 0.15) is 40.0 Å². The van der Waals surface area contributed by atoms with Crippen molar-refractivity contribution in [2.75, 3.05) is 5.32 Å². The molecule has 1 aromatic carbocycles. The van der Waals surface area contributed by atoms with Gasteiger partial charge in [-0.1, -0.05) is 32.9 Å². The molecule has 1 amide bonds. The average Bonchev–Trinajstić information content (AvgIpc) is 2.72. The number of amides is 1. The fraction of sp³-hybridized carbons (Fsp3) is 0.529. The van der Waals surface area contributed by atoms with Gasteiger partial charge in [-0.05, 0) is 30.4 Å². The molecule has 0 aliphatic heterocycles. The van der Waals surface area contributed by atoms with Crippen LogP contribution in [0.15, 0.2) is 24.3 Å². The number of anilines is 1. The van der Waals surface area contributed by atoms with Crippen molar-refractivity contribution in [2.45, 2.75) is 40.0 Å². The largest absolute Gasteiger partial charge is 0.323 e. The summed E-state index contributed by atoms with van der Waals surface area (Å²) in [5.41, 5.74) is -1.40. The maximum Gasteiger partial charge on any atom is 0.231 e. The Balaban J connectivity index is 1.96. The van der Waals surface area contributed by atoms with Crippen molar-refractivity contribution in [1.29, 1.82) is 0 Å². The molecule has 4 heteroatoms. The van der Waals surface area contributed by atoms with E-state index in [2.05, 4.69) is 5.32 Å². The maximum atomic E-state index is 13.7. The number of ketones is 1. The zero-order chi connectivity index (χ0) is 15.5. The molecule has 21 heavy (non-hydrogen) atoms. The van der Waals surface area contributed by atoms with Crippen LogP contribution in [0.5, 0.6) is 0 Å². The normalized spacial score (nSPS) is 33.2. The van der Waals surface area contributed by atoms with E-state index in [9.17, 15) is 14.0 Å². The molecule has 0 heterocycles. The van der Waals surface area contributed by atoms with Crippen molar-refractivity contribution < 1.29 is 14.0 Å². The molecule has 0 spiro atoms. The Bertz CT molecular complexity index is 639. The fourth-order valence-electron chi connectivity index (χ4n) is 4.17. The smallest absolute Gasteiger partial charge is 0.231 e. The van der Waals surface area contributed by atoms with Gasteiger partial charge in [-0.15, -0.1) is 0 Å². The molecule has 2 aliphatic carbocycles. The van der Waals surface area contributed by atoms with Crippen LogP contribution in [0.25, 0.3) is 0 Å². The van der Waals surface area contributed by atoms with Gasteiger partial charge >= 0.3 is 0 Å². The van der Waals surface area contributed by atoms with Gasteiger partial charge in [0, 0.05) is 11.8 Å². The molecule has 2 atom stereocenters. The predicted octanol–water partition coefficient (Wildman–Crippen LogP) is 3.55. The third-order valence-electron chi connectivity index (χ3n) is 6.26. The molecular formula is C17H20FNO2. The summed E-state index contributed by atoms with van der Waals surface area (Å²) >= 11 is 0. The molecule has 1 N–H and O–H groups in total. The van der Waals surface area contributed by atoms with Crippen LogP contribution < -0.4 is 5.32 Å². The molecule has 0 radical (unpaired) electrons. The monoisotopic (exact) mass is 289 g/mol. The first kappa shape index (κ1) is 14.2. The molecule has 0 aromatic heterocycles. The lowest BCUT2D eigenvalue weighted by Gasteiger charge is -2.38. The molecule has 2 aliphatic rings. The van der Waals surface area contributed by atoms with Crippen molar-refractivity contribution in [2.24, 2.45) is 16.2 Å². The summed E-state index contributed by atoms with van der Waals surface area (Å²) in [6.45, 7) is 5.94. The second-order valence-electron chi connectivity index (χ2n) is 7.07. The standard InChI is InChI=1S/C17H20FNO2/c1-15(2)16(3)8-9-17(15,10-13(16)20)14(21)19-12-7-5-4-6-11(12)18/h4-7H,8-10H2,1-3H3,(H,19,21)/t16-,17-/m1/s1. The number of hydrogen-bond acceptors (Lipinski definition) is 2. The molecule has 3 nitrogen and oxygen atoms in total. The maximum absolute atomic E-state index is 13.7. The van der Waals surface area contributed by atoms with Crippen molar-refractivity contribution >= 4 is 17.4 Å². The van der Waals surface area contributed by atoms with Crippen molar-refractivity contribution in [3.8, 4) is 0 Å². The van der Waals surface area contributed by atoms with Gasteiger partial charge < -0.3 is 5.32 Å². The van der Waals surface area contributed by atoms with Crippen molar-refractivity contribution in [3.05, 3.63) is 30.1 Å². The quantitative estimate of drug-likeness (QED) is 0.905. The molecule has 1 aromatic rings. The molecule has 0 unspecified atom stereocenters. The number of hydrogen-bond donors (Lipinski definition) is 1. The van der Waals surface area contributed by atoms with E-state index in [1.54, 1.807) is 18.2 Å². The van der Waals surface area contributed by atoms with Gasteiger partial charge in [-0.3, -0.25) is 9.59 Å². The van der Waals surface area contributed by atoms with Gasteiger partial charge in [0.15, 0.2) is 0 Å². The second kappa shape index (κ2) is 4.15. The van der Waals surface area contributed by atoms with E-state index in [-0.39, 0.29) is 23.8 Å². The molecule has 0 saturated heterocycles. The van der Waals surface area contributed by atoms with E-state index < -0.39 is 22.1 Å². The highest BCUT2D eigenvalue weighted by molar-refractivity contribution is 6.04. The first-order valence-corrected chi connectivity index (χ1v) is 7.34. The SMILES string of the molecule is CC1(C)[C@]2(C(=O)Nc3ccccc3F)CC[C@]1(C)C(=O)C2. The fourth-order valence-corrected chi connectivity index (χ4v) is 4.17. The van der Waals surface area contributed by atoms with Gasteiger partial charge in [0.1, 0.15) is 11.6 Å². The van der Waals surface area contributed by atoms with Crippen LogP contribution in [-0.2, 0) is 9.59 Å². The summed E-state index contributed by atoms with van der Waals surface area (Å²) in [6.07, 6.45) is 1.67. The molecular weight excluding hydrogens is 269 g/mol. The molecule has 2 fully saturated rings. The summed E-state index contributed by atoms with van der Waals surface area (Å²) < 4.78 is 13.7. The summed E-state index contributed by atoms with van der Waals surface area (Å²) in [5, 5.41) is 2.70. The topological polar surface area (TPSA) is 46.2 Å². The minimum absolute atomic E-state index is 0.155. The second-order valence-corrected chi connectivity index (χ2v) is 7.07. The highest BCUT2D eigenvalue weighted by Gasteiger charge is 2.72. The molecule has 2 bridgehead atoms. The van der Waals surface area contributed by atoms with Gasteiger partial charge in [0.25, 0.3) is 0 Å². The molecule has 3 rings (SSSR count). The predicted molar refractivity (Wildman–Crippen MR) is 78.2 cm³/mol. The number of benzene rings is 1. The number of carbonyl (C=O) groups is 2. The van der Waals surface area contributed by atoms with Gasteiger partial charge in [-0.25, -0.2) is 4.39 Å². The first-order chi connectivity index (χ1) is 9.74. The minimum atomic E-state index is -0.721. The van der Waals surface area contributed by atoms with Crippen LogP contribution in [0.3, 0.4) is 0 Å². The zero-order valence-corrected chi connectivity index (χ0v) is 12.6. The zero-order valence-electron chi connectivity index (χ0n) is 12.6. The van der Waals surface area contributed by atoms with E-state index in [0.29, 0.717) is 6.42 Å². The lowest BCUT2D eigenvalue weighted by molar-refractivity contribution is -0.131. The molecule has 112 valence electrons. The lowest BCUT2D eigenvalue weighted by atomic mass is 9.64. The Morgan fingerprint density at radius 1 is 1.19 bits per heavy atom. The Labute approximate surface area is 123 Å². The van der Waals surface area contributed by atoms with E-state index in [1.807, 2.05) is 20.8 Å². The summed E-state index contributed by atoms with van der Waals surface area (Å²) in [4.78, 5) is 25.2. The molecule has 2 saturated carbocycles. The van der Waals surface area contributed by atoms with Gasteiger partial charge in [-0.2, -0.15) is 0 Å². The number of halogens is 1. The first-order valence-electron chi connectivity index (χ1n) is 7.34. The van der Waals surface area contributed by atoms with Crippen LogP contribution in [0.4, 0.5) is 10.1 Å².